The Kier molecular flexibility index (Phi) is 3.69. The van der Waals surface area contributed by atoms with E-state index in [9.17, 15) is 9.90 Å². The molecule has 0 spiro atoms. The van der Waals surface area contributed by atoms with Crippen LogP contribution < -0.4 is 5.73 Å². The number of carbonyl (C=O) groups excluding carboxylic acids is 1. The van der Waals surface area contributed by atoms with Crippen LogP contribution in [0.4, 0.5) is 0 Å². The van der Waals surface area contributed by atoms with Gasteiger partial charge in [0.1, 0.15) is 17.1 Å². The zero-order valence-electron chi connectivity index (χ0n) is 13.8. The molecule has 11 nitrogen and oxygen atoms in total. The number of amides is 1. The van der Waals surface area contributed by atoms with E-state index in [1.165, 1.54) is 6.07 Å². The number of nitrogens with one attached hydrogen (secondary N) is 2. The molecule has 0 saturated heterocycles. The summed E-state index contributed by atoms with van der Waals surface area (Å²) >= 11 is 0. The fraction of sp³-hybridized carbons (Fsp3) is 0.200. The molecule has 0 aliphatic carbocycles. The summed E-state index contributed by atoms with van der Waals surface area (Å²) in [7, 11) is 0. The third kappa shape index (κ3) is 2.50. The minimum atomic E-state index is -0.654. The predicted octanol–water partition coefficient (Wildman–Crippen LogP) is 0.218. The molecule has 4 aromatic heterocycles. The van der Waals surface area contributed by atoms with Gasteiger partial charge in [-0.05, 0) is 19.1 Å². The van der Waals surface area contributed by atoms with Crippen molar-refractivity contribution in [2.45, 2.75) is 20.1 Å². The van der Waals surface area contributed by atoms with E-state index in [0.717, 1.165) is 0 Å². The van der Waals surface area contributed by atoms with Crippen molar-refractivity contribution in [2.24, 2.45) is 5.73 Å². The molecule has 1 amide bonds. The quantitative estimate of drug-likeness (QED) is 0.398. The lowest BCUT2D eigenvalue weighted by Crippen LogP contribution is -2.13. The molecule has 0 aliphatic rings. The first-order valence-electron chi connectivity index (χ1n) is 7.85. The smallest absolute Gasteiger partial charge is 0.267 e. The zero-order valence-corrected chi connectivity index (χ0v) is 13.8. The molecule has 26 heavy (non-hydrogen) atoms. The monoisotopic (exact) mass is 353 g/mol. The number of aryl methyl sites for hydroxylation is 1. The van der Waals surface area contributed by atoms with Gasteiger partial charge in [0.05, 0.1) is 24.0 Å². The summed E-state index contributed by atoms with van der Waals surface area (Å²) in [6.45, 7) is 2.36. The Hall–Kier alpha value is -3.60. The normalized spacial score (nSPS) is 11.3. The zero-order chi connectivity index (χ0) is 18.3. The van der Waals surface area contributed by atoms with E-state index in [4.69, 9.17) is 5.73 Å². The number of primary amides is 1. The molecule has 0 aromatic carbocycles. The van der Waals surface area contributed by atoms with E-state index in [1.807, 2.05) is 6.92 Å². The van der Waals surface area contributed by atoms with Crippen molar-refractivity contribution >= 4 is 16.8 Å². The second-order valence-electron chi connectivity index (χ2n) is 5.55. The largest absolute Gasteiger partial charge is 0.390 e. The minimum absolute atomic E-state index is 0.0934. The number of nitrogens with zero attached hydrogens (tertiary/aromatic N) is 6. The number of H-pyrrole nitrogens is 2. The van der Waals surface area contributed by atoms with Crippen LogP contribution in [0.5, 0.6) is 0 Å². The molecular formula is C15H15N9O2. The molecule has 0 saturated carbocycles. The molecule has 0 aliphatic heterocycles. The molecule has 4 aromatic rings. The predicted molar refractivity (Wildman–Crippen MR) is 90.6 cm³/mol. The average Bonchev–Trinajstić information content (AvgIpc) is 3.37. The summed E-state index contributed by atoms with van der Waals surface area (Å²) in [5.74, 6) is 0.111. The number of carbonyl (C=O) groups is 1. The maximum atomic E-state index is 11.5. The van der Waals surface area contributed by atoms with Crippen LogP contribution in [0.25, 0.3) is 33.9 Å². The number of aliphatic hydroxyl groups excluding tert-OH is 1. The Labute approximate surface area is 146 Å². The van der Waals surface area contributed by atoms with Gasteiger partial charge in [-0.25, -0.2) is 9.97 Å². The molecule has 0 unspecified atom stereocenters. The maximum absolute atomic E-state index is 11.5. The third-order valence-corrected chi connectivity index (χ3v) is 3.92. The summed E-state index contributed by atoms with van der Waals surface area (Å²) in [6.07, 6.45) is 1.59. The highest BCUT2D eigenvalue weighted by molar-refractivity contribution is 5.98. The van der Waals surface area contributed by atoms with Gasteiger partial charge in [-0.3, -0.25) is 19.7 Å². The number of fused-ring (bicyclic) bond motifs is 1. The highest BCUT2D eigenvalue weighted by Crippen LogP contribution is 2.26. The molecule has 0 fully saturated rings. The number of rotatable bonds is 5. The highest BCUT2D eigenvalue weighted by Gasteiger charge is 2.18. The van der Waals surface area contributed by atoms with Gasteiger partial charge in [0.25, 0.3) is 5.91 Å². The van der Waals surface area contributed by atoms with Crippen LogP contribution in [0.15, 0.2) is 18.3 Å². The summed E-state index contributed by atoms with van der Waals surface area (Å²) in [5.41, 5.74) is 7.66. The molecular weight excluding hydrogens is 338 g/mol. The second-order valence-corrected chi connectivity index (χ2v) is 5.55. The number of hydrogen-bond donors (Lipinski definition) is 4. The van der Waals surface area contributed by atoms with E-state index in [2.05, 4.69) is 35.5 Å². The maximum Gasteiger partial charge on any atom is 0.267 e. The second kappa shape index (κ2) is 6.04. The fourth-order valence-corrected chi connectivity index (χ4v) is 2.70. The molecule has 4 heterocycles. The molecule has 0 radical (unpaired) electrons. The van der Waals surface area contributed by atoms with E-state index in [1.54, 1.807) is 16.9 Å². The Morgan fingerprint density at radius 1 is 1.31 bits per heavy atom. The lowest BCUT2D eigenvalue weighted by Gasteiger charge is -2.01. The number of aromatic amines is 2. The fourth-order valence-electron chi connectivity index (χ4n) is 2.70. The first kappa shape index (κ1) is 15.9. The molecule has 11 heteroatoms. The molecule has 0 atom stereocenters. The van der Waals surface area contributed by atoms with Crippen LogP contribution in [0, 0.1) is 0 Å². The van der Waals surface area contributed by atoms with Crippen LogP contribution in [-0.4, -0.2) is 51.2 Å². The van der Waals surface area contributed by atoms with Gasteiger partial charge in [-0.1, -0.05) is 0 Å². The summed E-state index contributed by atoms with van der Waals surface area (Å²) in [4.78, 5) is 20.3. The summed E-state index contributed by atoms with van der Waals surface area (Å²) in [5, 5.41) is 28.0. The highest BCUT2D eigenvalue weighted by atomic mass is 16.3. The Balaban J connectivity index is 1.84. The number of aliphatic hydroxyl groups is 1. The Morgan fingerprint density at radius 3 is 2.88 bits per heavy atom. The topological polar surface area (TPSA) is 164 Å². The Bertz CT molecular complexity index is 1110. The van der Waals surface area contributed by atoms with Crippen molar-refractivity contribution in [3.05, 3.63) is 29.7 Å². The van der Waals surface area contributed by atoms with Gasteiger partial charge in [0.15, 0.2) is 11.6 Å². The van der Waals surface area contributed by atoms with Crippen LogP contribution in [-0.2, 0) is 13.2 Å². The van der Waals surface area contributed by atoms with Crippen molar-refractivity contribution in [3.63, 3.8) is 0 Å². The van der Waals surface area contributed by atoms with E-state index in [-0.39, 0.29) is 12.3 Å². The Morgan fingerprint density at radius 2 is 2.15 bits per heavy atom. The van der Waals surface area contributed by atoms with Gasteiger partial charge in [0, 0.05) is 11.9 Å². The third-order valence-electron chi connectivity index (χ3n) is 3.92. The average molecular weight is 353 g/mol. The van der Waals surface area contributed by atoms with Gasteiger partial charge in [-0.15, -0.1) is 0 Å². The van der Waals surface area contributed by atoms with Crippen molar-refractivity contribution in [1.29, 1.82) is 0 Å². The van der Waals surface area contributed by atoms with Crippen LogP contribution in [0.1, 0.15) is 23.1 Å². The summed E-state index contributed by atoms with van der Waals surface area (Å²) < 4.78 is 1.69. The number of pyridine rings is 1. The van der Waals surface area contributed by atoms with Gasteiger partial charge in [0.2, 0.25) is 0 Å². The van der Waals surface area contributed by atoms with Crippen LogP contribution in [0.2, 0.25) is 0 Å². The number of nitrogens with two attached hydrogens (primary N) is 1. The summed E-state index contributed by atoms with van der Waals surface area (Å²) in [6, 6.07) is 3.25. The van der Waals surface area contributed by atoms with Crippen molar-refractivity contribution in [1.82, 2.24) is 40.1 Å². The lowest BCUT2D eigenvalue weighted by atomic mass is 10.2. The molecule has 5 N–H and O–H groups in total. The van der Waals surface area contributed by atoms with Gasteiger partial charge in [-0.2, -0.15) is 15.3 Å². The number of aromatic nitrogens is 8. The van der Waals surface area contributed by atoms with Crippen LogP contribution in [0.3, 0.4) is 0 Å². The minimum Gasteiger partial charge on any atom is -0.390 e. The van der Waals surface area contributed by atoms with Crippen molar-refractivity contribution in [2.75, 3.05) is 0 Å². The van der Waals surface area contributed by atoms with Gasteiger partial charge >= 0.3 is 0 Å². The number of hydrogen-bond acceptors (Lipinski definition) is 7. The van der Waals surface area contributed by atoms with Crippen molar-refractivity contribution in [3.8, 4) is 23.0 Å². The van der Waals surface area contributed by atoms with Gasteiger partial charge < -0.3 is 10.8 Å². The molecule has 0 bridgehead atoms. The van der Waals surface area contributed by atoms with Crippen LogP contribution >= 0.6 is 0 Å². The van der Waals surface area contributed by atoms with E-state index < -0.39 is 5.91 Å². The van der Waals surface area contributed by atoms with E-state index >= 15 is 0 Å². The van der Waals surface area contributed by atoms with Crippen molar-refractivity contribution < 1.29 is 9.90 Å². The lowest BCUT2D eigenvalue weighted by molar-refractivity contribution is 0.0996. The first-order chi connectivity index (χ1) is 12.6. The molecule has 4 rings (SSSR count). The molecule has 132 valence electrons. The van der Waals surface area contributed by atoms with E-state index in [0.29, 0.717) is 46.2 Å². The standard InChI is InChI=1S/C15H15N9O2/c1-2-24-11(3-7(6-25)23-24)14-19-15(22-21-14)12-8-5-17-20-9(8)4-10(18-12)13(16)26/h3-5,25H,2,6H2,1H3,(H2,16,26)(H,17,20)(H,19,21,22). The first-order valence-corrected chi connectivity index (χ1v) is 7.85. The SMILES string of the molecule is CCn1nc(CO)cc1-c1n[nH]c(-c2nc(C(N)=O)cc3[nH]ncc23)n1.